The van der Waals surface area contributed by atoms with Gasteiger partial charge in [0.25, 0.3) is 0 Å². The fraction of sp³-hybridized carbons (Fsp3) is 0.536. The molecule has 0 radical (unpaired) electrons. The van der Waals surface area contributed by atoms with Gasteiger partial charge in [0.15, 0.2) is 0 Å². The standard InChI is InChI=1S/C28H34Cl2N2O2.HI/c1-32(18-19-6-4-2-3-5-7-19)14-12-22(13-15-32)31-28(33)27-23-16-20(29)8-10-25(23)34-26-11-9-21(30)17-24(26)27;/h8-11,16-17,19,22,27H,2-7,12-15,18H2,1H3;1H. The number of benzene rings is 2. The molecule has 0 atom stereocenters. The highest BCUT2D eigenvalue weighted by Gasteiger charge is 2.37. The fourth-order valence-electron chi connectivity index (χ4n) is 6.22. The molecule has 0 unspecified atom stereocenters. The second-order valence-electron chi connectivity index (χ2n) is 10.8. The molecule has 1 N–H and O–H groups in total. The lowest BCUT2D eigenvalue weighted by molar-refractivity contribution is -0.917. The van der Waals surface area contributed by atoms with Gasteiger partial charge in [-0.2, -0.15) is 0 Å². The van der Waals surface area contributed by atoms with Crippen molar-refractivity contribution in [3.63, 3.8) is 0 Å². The summed E-state index contributed by atoms with van der Waals surface area (Å²) in [6.45, 7) is 3.54. The molecule has 1 saturated carbocycles. The van der Waals surface area contributed by atoms with Gasteiger partial charge in [0.05, 0.1) is 32.6 Å². The zero-order chi connectivity index (χ0) is 23.7. The average molecular weight is 629 g/mol. The van der Waals surface area contributed by atoms with Gasteiger partial charge in [-0.3, -0.25) is 4.79 Å². The Morgan fingerprint density at radius 3 is 2.00 bits per heavy atom. The van der Waals surface area contributed by atoms with Gasteiger partial charge in [0.1, 0.15) is 11.5 Å². The number of hydrogen-bond acceptors (Lipinski definition) is 2. The minimum atomic E-state index is -0.482. The van der Waals surface area contributed by atoms with Crippen molar-refractivity contribution in [3.8, 4) is 11.5 Å². The number of carbonyl (C=O) groups is 1. The van der Waals surface area contributed by atoms with Gasteiger partial charge >= 0.3 is 0 Å². The molecule has 2 fully saturated rings. The monoisotopic (exact) mass is 628 g/mol. The maximum absolute atomic E-state index is 13.7. The highest BCUT2D eigenvalue weighted by Crippen LogP contribution is 2.46. The third-order valence-electron chi connectivity index (χ3n) is 8.10. The number of rotatable bonds is 4. The molecular weight excluding hydrogens is 594 g/mol. The van der Waals surface area contributed by atoms with E-state index in [0.29, 0.717) is 21.5 Å². The average Bonchev–Trinajstić information content (AvgIpc) is 3.07. The van der Waals surface area contributed by atoms with Crippen molar-refractivity contribution in [2.45, 2.75) is 63.3 Å². The van der Waals surface area contributed by atoms with Crippen molar-refractivity contribution in [3.05, 3.63) is 57.6 Å². The molecule has 0 bridgehead atoms. The number of nitrogens with zero attached hydrogens (tertiary/aromatic N) is 1. The second kappa shape index (κ2) is 11.6. The summed E-state index contributed by atoms with van der Waals surface area (Å²) in [5, 5.41) is 4.55. The molecule has 35 heavy (non-hydrogen) atoms. The first-order valence-electron chi connectivity index (χ1n) is 12.8. The van der Waals surface area contributed by atoms with Gasteiger partial charge in [-0.1, -0.05) is 48.9 Å². The summed E-state index contributed by atoms with van der Waals surface area (Å²) >= 11 is 12.6. The van der Waals surface area contributed by atoms with E-state index in [-0.39, 0.29) is 35.9 Å². The molecule has 2 heterocycles. The summed E-state index contributed by atoms with van der Waals surface area (Å²) in [5.74, 6) is 1.74. The number of amides is 1. The maximum Gasteiger partial charge on any atom is 0.232 e. The van der Waals surface area contributed by atoms with E-state index in [2.05, 4.69) is 12.4 Å². The summed E-state index contributed by atoms with van der Waals surface area (Å²) in [5.41, 5.74) is 1.59. The summed E-state index contributed by atoms with van der Waals surface area (Å²) < 4.78 is 7.21. The van der Waals surface area contributed by atoms with Crippen LogP contribution in [0.2, 0.25) is 10.0 Å². The van der Waals surface area contributed by atoms with Crippen LogP contribution in [0.1, 0.15) is 68.4 Å². The van der Waals surface area contributed by atoms with Crippen LogP contribution in [0.5, 0.6) is 11.5 Å². The number of ether oxygens (including phenoxy) is 1. The normalized spacial score (nSPS) is 24.8. The van der Waals surface area contributed by atoms with Crippen molar-refractivity contribution in [1.29, 1.82) is 0 Å². The lowest BCUT2D eigenvalue weighted by Gasteiger charge is -2.43. The predicted molar refractivity (Wildman–Crippen MR) is 138 cm³/mol. The van der Waals surface area contributed by atoms with Crippen molar-refractivity contribution in [1.82, 2.24) is 5.32 Å². The third-order valence-corrected chi connectivity index (χ3v) is 8.57. The molecule has 4 nitrogen and oxygen atoms in total. The minimum absolute atomic E-state index is 0. The number of fused-ring (bicyclic) bond motifs is 2. The van der Waals surface area contributed by atoms with Gasteiger partial charge in [-0.05, 0) is 49.2 Å². The Bertz CT molecular complexity index is 996. The Balaban J connectivity index is 0.00000289. The highest BCUT2D eigenvalue weighted by atomic mass is 127. The molecule has 2 aromatic carbocycles. The molecule has 0 spiro atoms. The van der Waals surface area contributed by atoms with Crippen LogP contribution in [-0.2, 0) is 4.79 Å². The van der Waals surface area contributed by atoms with E-state index in [4.69, 9.17) is 27.9 Å². The van der Waals surface area contributed by atoms with E-state index in [9.17, 15) is 4.79 Å². The molecule has 2 aromatic rings. The quantitative estimate of drug-likeness (QED) is 0.317. The number of likely N-dealkylation sites (tertiary alicyclic amines) is 1. The van der Waals surface area contributed by atoms with Crippen LogP contribution in [0.25, 0.3) is 0 Å². The van der Waals surface area contributed by atoms with Crippen LogP contribution < -0.4 is 34.0 Å². The maximum atomic E-state index is 13.7. The number of piperidine rings is 1. The van der Waals surface area contributed by atoms with Crippen LogP contribution in [0, 0.1) is 5.92 Å². The molecule has 5 rings (SSSR count). The lowest BCUT2D eigenvalue weighted by atomic mass is 9.86. The predicted octanol–water partition coefficient (Wildman–Crippen LogP) is 3.93. The number of quaternary nitrogens is 1. The molecule has 1 amide bonds. The van der Waals surface area contributed by atoms with Crippen LogP contribution in [0.15, 0.2) is 36.4 Å². The summed E-state index contributed by atoms with van der Waals surface area (Å²) in [4.78, 5) is 13.7. The Morgan fingerprint density at radius 2 is 1.46 bits per heavy atom. The van der Waals surface area contributed by atoms with Crippen LogP contribution in [-0.4, -0.2) is 43.1 Å². The lowest BCUT2D eigenvalue weighted by Crippen LogP contribution is -3.00. The largest absolute Gasteiger partial charge is 1.00 e. The van der Waals surface area contributed by atoms with Crippen LogP contribution in [0.3, 0.4) is 0 Å². The molecule has 2 aliphatic heterocycles. The van der Waals surface area contributed by atoms with Gasteiger partial charge in [-0.25, -0.2) is 0 Å². The molecule has 3 aliphatic rings. The van der Waals surface area contributed by atoms with Crippen molar-refractivity contribution in [2.24, 2.45) is 5.92 Å². The van der Waals surface area contributed by atoms with E-state index in [1.807, 2.05) is 24.3 Å². The molecule has 1 saturated heterocycles. The number of hydrogen-bond donors (Lipinski definition) is 1. The molecule has 190 valence electrons. The Hall–Kier alpha value is -1.02. The molecule has 0 aromatic heterocycles. The smallest absolute Gasteiger partial charge is 0.232 e. The van der Waals surface area contributed by atoms with E-state index in [1.54, 1.807) is 12.1 Å². The van der Waals surface area contributed by atoms with Gasteiger partial charge < -0.3 is 38.5 Å². The summed E-state index contributed by atoms with van der Waals surface area (Å²) in [6.07, 6.45) is 10.4. The second-order valence-corrected chi connectivity index (χ2v) is 11.7. The Kier molecular flexibility index (Phi) is 8.94. The number of nitrogens with one attached hydrogen (secondary N) is 1. The van der Waals surface area contributed by atoms with Gasteiger partial charge in [0, 0.05) is 46.0 Å². The zero-order valence-electron chi connectivity index (χ0n) is 20.4. The summed E-state index contributed by atoms with van der Waals surface area (Å²) in [6, 6.07) is 11.1. The molecule has 7 heteroatoms. The van der Waals surface area contributed by atoms with E-state index >= 15 is 0 Å². The highest BCUT2D eigenvalue weighted by molar-refractivity contribution is 6.31. The van der Waals surface area contributed by atoms with Crippen molar-refractivity contribution < 1.29 is 38.0 Å². The van der Waals surface area contributed by atoms with E-state index in [1.165, 1.54) is 45.1 Å². The first kappa shape index (κ1) is 27.0. The van der Waals surface area contributed by atoms with Gasteiger partial charge in [0.2, 0.25) is 5.91 Å². The van der Waals surface area contributed by atoms with E-state index in [0.717, 1.165) is 47.5 Å². The van der Waals surface area contributed by atoms with Crippen molar-refractivity contribution >= 4 is 29.1 Å². The Morgan fingerprint density at radius 1 is 0.914 bits per heavy atom. The first-order valence-corrected chi connectivity index (χ1v) is 13.6. The van der Waals surface area contributed by atoms with Gasteiger partial charge in [-0.15, -0.1) is 0 Å². The first-order chi connectivity index (χ1) is 16.4. The van der Waals surface area contributed by atoms with Crippen LogP contribution in [0.4, 0.5) is 0 Å². The fourth-order valence-corrected chi connectivity index (χ4v) is 6.58. The topological polar surface area (TPSA) is 38.3 Å². The third kappa shape index (κ3) is 6.28. The Labute approximate surface area is 236 Å². The van der Waals surface area contributed by atoms with E-state index < -0.39 is 5.92 Å². The van der Waals surface area contributed by atoms with Crippen LogP contribution >= 0.6 is 23.2 Å². The SMILES string of the molecule is C[N+]1(CC2CCCCCC2)CCC(NC(=O)C2c3cc(Cl)ccc3Oc3ccc(Cl)cc32)CC1.[I-]. The van der Waals surface area contributed by atoms with Crippen molar-refractivity contribution in [2.75, 3.05) is 26.7 Å². The number of carbonyl (C=O) groups excluding carboxylic acids is 1. The molecular formula is C28H35Cl2IN2O2. The minimum Gasteiger partial charge on any atom is -1.00 e. The summed E-state index contributed by atoms with van der Waals surface area (Å²) in [7, 11) is 2.41. The zero-order valence-corrected chi connectivity index (χ0v) is 24.0. The number of halogens is 3. The molecule has 1 aliphatic carbocycles.